The van der Waals surface area contributed by atoms with E-state index in [9.17, 15) is 4.79 Å². The van der Waals surface area contributed by atoms with Gasteiger partial charge in [0.1, 0.15) is 11.9 Å². The van der Waals surface area contributed by atoms with Crippen LogP contribution in [0.25, 0.3) is 0 Å². The van der Waals surface area contributed by atoms with Crippen LogP contribution in [0.3, 0.4) is 0 Å². The summed E-state index contributed by atoms with van der Waals surface area (Å²) in [7, 11) is 0. The molecule has 0 aliphatic rings. The van der Waals surface area contributed by atoms with E-state index in [1.807, 2.05) is 20.8 Å². The fourth-order valence-electron chi connectivity index (χ4n) is 1.26. The van der Waals surface area contributed by atoms with Crippen molar-refractivity contribution >= 4 is 6.09 Å². The third kappa shape index (κ3) is 4.99. The summed E-state index contributed by atoms with van der Waals surface area (Å²) >= 11 is 0. The van der Waals surface area contributed by atoms with Crippen LogP contribution in [0.5, 0.6) is 0 Å². The summed E-state index contributed by atoms with van der Waals surface area (Å²) in [4.78, 5) is 15.8. The molecule has 0 bridgehead atoms. The number of imidazole rings is 1. The van der Waals surface area contributed by atoms with Crippen LogP contribution in [0.4, 0.5) is 4.79 Å². The van der Waals surface area contributed by atoms with Crippen molar-refractivity contribution in [2.24, 2.45) is 0 Å². The number of hydrogen-bond acceptors (Lipinski definition) is 4. The molecule has 1 rings (SSSR count). The summed E-state index contributed by atoms with van der Waals surface area (Å²) in [6.07, 6.45) is 3.55. The van der Waals surface area contributed by atoms with Gasteiger partial charge in [-0.05, 0) is 40.5 Å². The molecule has 0 spiro atoms. The summed E-state index contributed by atoms with van der Waals surface area (Å²) in [5.74, 6) is 0. The van der Waals surface area contributed by atoms with Crippen molar-refractivity contribution in [3.8, 4) is 0 Å². The van der Waals surface area contributed by atoms with Crippen molar-refractivity contribution in [3.63, 3.8) is 0 Å². The van der Waals surface area contributed by atoms with Gasteiger partial charge >= 0.3 is 6.09 Å². The average molecular weight is 240 g/mol. The zero-order valence-electron chi connectivity index (χ0n) is 10.8. The maximum atomic E-state index is 11.7. The minimum Gasteiger partial charge on any atom is -0.443 e. The molecule has 0 saturated carbocycles. The molecule has 0 fully saturated rings. The van der Waals surface area contributed by atoms with E-state index in [-0.39, 0.29) is 6.10 Å². The number of hydrogen-bond donors (Lipinski definition) is 1. The van der Waals surface area contributed by atoms with Crippen LogP contribution >= 0.6 is 0 Å². The Bertz CT molecular complexity index is 377. The van der Waals surface area contributed by atoms with Gasteiger partial charge in [0.05, 0.1) is 11.8 Å². The molecule has 0 amide bonds. The molecule has 17 heavy (non-hydrogen) atoms. The van der Waals surface area contributed by atoms with Gasteiger partial charge in [-0.1, -0.05) is 0 Å². The Balaban J connectivity index is 2.58. The van der Waals surface area contributed by atoms with E-state index in [0.29, 0.717) is 12.8 Å². The molecule has 1 aromatic rings. The second-order valence-corrected chi connectivity index (χ2v) is 5.14. The summed E-state index contributed by atoms with van der Waals surface area (Å²) < 4.78 is 6.52. The van der Waals surface area contributed by atoms with Crippen LogP contribution in [-0.2, 0) is 11.2 Å². The van der Waals surface area contributed by atoms with Gasteiger partial charge in [0.25, 0.3) is 0 Å². The lowest BCUT2D eigenvalue weighted by molar-refractivity contribution is 0.0536. The first-order valence-corrected chi connectivity index (χ1v) is 5.72. The number of carbonyl (C=O) groups is 1. The topological polar surface area (TPSA) is 64.4 Å². The number of ether oxygens (including phenoxy) is 1. The van der Waals surface area contributed by atoms with Gasteiger partial charge in [-0.15, -0.1) is 0 Å². The molecule has 0 radical (unpaired) electrons. The quantitative estimate of drug-likeness (QED) is 0.877. The molecule has 96 valence electrons. The number of aryl methyl sites for hydroxylation is 1. The monoisotopic (exact) mass is 240 g/mol. The van der Waals surface area contributed by atoms with Crippen molar-refractivity contribution in [3.05, 3.63) is 18.2 Å². The minimum absolute atomic E-state index is 0.360. The molecule has 0 aliphatic heterocycles. The van der Waals surface area contributed by atoms with Crippen molar-refractivity contribution in [1.82, 2.24) is 9.55 Å². The summed E-state index contributed by atoms with van der Waals surface area (Å²) in [6.45, 7) is 7.17. The van der Waals surface area contributed by atoms with Gasteiger partial charge in [-0.25, -0.2) is 14.3 Å². The van der Waals surface area contributed by atoms with Crippen LogP contribution < -0.4 is 0 Å². The van der Waals surface area contributed by atoms with Crippen molar-refractivity contribution < 1.29 is 14.6 Å². The van der Waals surface area contributed by atoms with Crippen molar-refractivity contribution in [1.29, 1.82) is 0 Å². The second kappa shape index (κ2) is 5.31. The largest absolute Gasteiger partial charge is 0.443 e. The standard InChI is InChI=1S/C12H20N2O3/c1-9(15)5-6-10-7-14(8-13-10)11(16)17-12(2,3)4/h7-9,15H,5-6H2,1-4H3/t9-/m1/s1. The smallest absolute Gasteiger partial charge is 0.419 e. The molecule has 1 heterocycles. The second-order valence-electron chi connectivity index (χ2n) is 5.14. The van der Waals surface area contributed by atoms with Gasteiger partial charge in [0.2, 0.25) is 0 Å². The van der Waals surface area contributed by atoms with E-state index in [1.54, 1.807) is 13.1 Å². The highest BCUT2D eigenvalue weighted by molar-refractivity contribution is 5.70. The fraction of sp³-hybridized carbons (Fsp3) is 0.667. The van der Waals surface area contributed by atoms with Gasteiger partial charge in [0.15, 0.2) is 0 Å². The van der Waals surface area contributed by atoms with Crippen molar-refractivity contribution in [2.45, 2.75) is 52.2 Å². The maximum absolute atomic E-state index is 11.7. The van der Waals surface area contributed by atoms with Gasteiger partial charge in [-0.2, -0.15) is 0 Å². The van der Waals surface area contributed by atoms with Crippen LogP contribution in [0, 0.1) is 0 Å². The van der Waals surface area contributed by atoms with Crippen LogP contribution in [0.15, 0.2) is 12.5 Å². The Morgan fingerprint density at radius 2 is 2.24 bits per heavy atom. The van der Waals surface area contributed by atoms with Crippen LogP contribution in [-0.4, -0.2) is 32.5 Å². The number of aromatic nitrogens is 2. The van der Waals surface area contributed by atoms with Crippen LogP contribution in [0.1, 0.15) is 39.8 Å². The van der Waals surface area contributed by atoms with E-state index in [2.05, 4.69) is 4.98 Å². The molecule has 1 N–H and O–H groups in total. The van der Waals surface area contributed by atoms with E-state index in [0.717, 1.165) is 5.69 Å². The average Bonchev–Trinajstić information content (AvgIpc) is 2.60. The summed E-state index contributed by atoms with van der Waals surface area (Å²) in [5, 5.41) is 9.16. The molecule has 5 nitrogen and oxygen atoms in total. The van der Waals surface area contributed by atoms with Crippen molar-refractivity contribution in [2.75, 3.05) is 0 Å². The number of aliphatic hydroxyl groups is 1. The minimum atomic E-state index is -0.513. The van der Waals surface area contributed by atoms with E-state index < -0.39 is 11.7 Å². The first-order valence-electron chi connectivity index (χ1n) is 5.72. The number of carbonyl (C=O) groups excluding carboxylic acids is 1. The molecule has 0 saturated heterocycles. The normalized spacial score (nSPS) is 13.5. The highest BCUT2D eigenvalue weighted by atomic mass is 16.6. The number of nitrogens with zero attached hydrogens (tertiary/aromatic N) is 2. The highest BCUT2D eigenvalue weighted by Crippen LogP contribution is 2.10. The van der Waals surface area contributed by atoms with E-state index >= 15 is 0 Å². The molecule has 0 aromatic carbocycles. The van der Waals surface area contributed by atoms with Gasteiger partial charge in [-0.3, -0.25) is 0 Å². The molecule has 0 unspecified atom stereocenters. The lowest BCUT2D eigenvalue weighted by Crippen LogP contribution is -2.26. The lowest BCUT2D eigenvalue weighted by atomic mass is 10.2. The predicted molar refractivity (Wildman–Crippen MR) is 63.9 cm³/mol. The van der Waals surface area contributed by atoms with Crippen LogP contribution in [0.2, 0.25) is 0 Å². The Labute approximate surface area is 101 Å². The molecule has 0 aliphatic carbocycles. The number of rotatable bonds is 3. The Morgan fingerprint density at radius 3 is 2.76 bits per heavy atom. The summed E-state index contributed by atoms with van der Waals surface area (Å²) in [5.41, 5.74) is 0.262. The number of aliphatic hydroxyl groups excluding tert-OH is 1. The highest BCUT2D eigenvalue weighted by Gasteiger charge is 2.17. The van der Waals surface area contributed by atoms with Gasteiger partial charge in [0, 0.05) is 6.20 Å². The first-order chi connectivity index (χ1) is 7.78. The SMILES string of the molecule is C[C@@H](O)CCc1cn(C(=O)OC(C)(C)C)cn1. The van der Waals surface area contributed by atoms with Gasteiger partial charge < -0.3 is 9.84 Å². The molecular weight excluding hydrogens is 220 g/mol. The Kier molecular flexibility index (Phi) is 4.28. The fourth-order valence-corrected chi connectivity index (χ4v) is 1.26. The first kappa shape index (κ1) is 13.7. The molecule has 1 aromatic heterocycles. The lowest BCUT2D eigenvalue weighted by Gasteiger charge is -2.19. The third-order valence-electron chi connectivity index (χ3n) is 2.06. The third-order valence-corrected chi connectivity index (χ3v) is 2.06. The molecule has 5 heteroatoms. The van der Waals surface area contributed by atoms with E-state index in [1.165, 1.54) is 10.9 Å². The molecule has 1 atom stereocenters. The predicted octanol–water partition coefficient (Wildman–Crippen LogP) is 1.98. The Morgan fingerprint density at radius 1 is 1.59 bits per heavy atom. The Hall–Kier alpha value is -1.36. The maximum Gasteiger partial charge on any atom is 0.419 e. The zero-order chi connectivity index (χ0) is 13.1. The van der Waals surface area contributed by atoms with E-state index in [4.69, 9.17) is 9.84 Å². The molecular formula is C12H20N2O3. The summed E-state index contributed by atoms with van der Waals surface area (Å²) in [6, 6.07) is 0. The zero-order valence-corrected chi connectivity index (χ0v) is 10.8.